The van der Waals surface area contributed by atoms with Gasteiger partial charge in [0.05, 0.1) is 13.3 Å². The van der Waals surface area contributed by atoms with Gasteiger partial charge in [0.15, 0.2) is 0 Å². The van der Waals surface area contributed by atoms with Gasteiger partial charge in [-0.1, -0.05) is 6.07 Å². The molecule has 0 spiro atoms. The Hall–Kier alpha value is -2.82. The van der Waals surface area contributed by atoms with Gasteiger partial charge in [0.25, 0.3) is 5.91 Å². The maximum atomic E-state index is 11.7. The molecule has 0 saturated heterocycles. The Morgan fingerprint density at radius 3 is 2.65 bits per heavy atom. The van der Waals surface area contributed by atoms with Gasteiger partial charge in [-0.2, -0.15) is 5.10 Å². The van der Waals surface area contributed by atoms with E-state index >= 15 is 0 Å². The largest absolute Gasteiger partial charge is 0.508 e. The fourth-order valence-corrected chi connectivity index (χ4v) is 1.57. The highest BCUT2D eigenvalue weighted by Crippen LogP contribution is 2.11. The predicted octanol–water partition coefficient (Wildman–Crippen LogP) is 2.16. The third-order valence-corrected chi connectivity index (χ3v) is 2.60. The summed E-state index contributed by atoms with van der Waals surface area (Å²) >= 11 is 0. The van der Waals surface area contributed by atoms with Crippen molar-refractivity contribution < 1.29 is 14.6 Å². The monoisotopic (exact) mass is 270 g/mol. The van der Waals surface area contributed by atoms with Crippen molar-refractivity contribution in [1.82, 2.24) is 5.43 Å². The Kier molecular flexibility index (Phi) is 4.34. The number of carbonyl (C=O) groups is 1. The second kappa shape index (κ2) is 6.38. The highest BCUT2D eigenvalue weighted by atomic mass is 16.5. The number of hydrogen-bond acceptors (Lipinski definition) is 4. The zero-order chi connectivity index (χ0) is 14.4. The molecule has 2 aromatic carbocycles. The lowest BCUT2D eigenvalue weighted by molar-refractivity contribution is 0.0954. The number of phenolic OH excluding ortho intramolecular Hbond substituents is 1. The van der Waals surface area contributed by atoms with Crippen LogP contribution in [-0.2, 0) is 0 Å². The summed E-state index contributed by atoms with van der Waals surface area (Å²) in [6.07, 6.45) is 1.53. The van der Waals surface area contributed by atoms with Crippen LogP contribution in [0.2, 0.25) is 0 Å². The molecule has 2 N–H and O–H groups in total. The van der Waals surface area contributed by atoms with Crippen molar-refractivity contribution in [2.24, 2.45) is 5.10 Å². The number of phenols is 1. The van der Waals surface area contributed by atoms with Gasteiger partial charge in [-0.15, -0.1) is 0 Å². The Bertz CT molecular complexity index is 621. The minimum Gasteiger partial charge on any atom is -0.508 e. The molecular weight excluding hydrogens is 256 g/mol. The van der Waals surface area contributed by atoms with E-state index in [1.807, 2.05) is 12.1 Å². The lowest BCUT2D eigenvalue weighted by Crippen LogP contribution is -2.17. The smallest absolute Gasteiger partial charge is 0.271 e. The fraction of sp³-hybridized carbons (Fsp3) is 0.0667. The third-order valence-electron chi connectivity index (χ3n) is 2.60. The van der Waals surface area contributed by atoms with E-state index in [1.165, 1.54) is 18.3 Å². The van der Waals surface area contributed by atoms with E-state index in [0.29, 0.717) is 5.56 Å². The highest BCUT2D eigenvalue weighted by Gasteiger charge is 2.03. The number of aromatic hydroxyl groups is 1. The summed E-state index contributed by atoms with van der Waals surface area (Å²) in [4.78, 5) is 11.7. The minimum atomic E-state index is -0.384. The zero-order valence-electron chi connectivity index (χ0n) is 10.9. The number of nitrogens with one attached hydrogen (secondary N) is 1. The predicted molar refractivity (Wildman–Crippen MR) is 76.2 cm³/mol. The highest BCUT2D eigenvalue weighted by molar-refractivity contribution is 5.95. The Balaban J connectivity index is 1.97. The van der Waals surface area contributed by atoms with Gasteiger partial charge in [-0.05, 0) is 48.0 Å². The summed E-state index contributed by atoms with van der Waals surface area (Å²) in [5.74, 6) is 0.411. The number of methoxy groups -OCH3 is 1. The van der Waals surface area contributed by atoms with Crippen LogP contribution in [0.5, 0.6) is 11.5 Å². The van der Waals surface area contributed by atoms with E-state index in [-0.39, 0.29) is 11.7 Å². The molecule has 0 aliphatic heterocycles. The summed E-state index contributed by atoms with van der Waals surface area (Å²) in [6, 6.07) is 13.3. The molecule has 0 atom stereocenters. The minimum absolute atomic E-state index is 0.0387. The van der Waals surface area contributed by atoms with Gasteiger partial charge in [-0.25, -0.2) is 5.43 Å². The van der Waals surface area contributed by atoms with Gasteiger partial charge >= 0.3 is 0 Å². The van der Waals surface area contributed by atoms with Crippen molar-refractivity contribution in [1.29, 1.82) is 0 Å². The van der Waals surface area contributed by atoms with Crippen LogP contribution in [0.4, 0.5) is 0 Å². The van der Waals surface area contributed by atoms with Gasteiger partial charge in [-0.3, -0.25) is 4.79 Å². The standard InChI is InChI=1S/C15H14N2O3/c1-20-14-7-5-11(6-8-14)10-16-17-15(19)12-3-2-4-13(18)9-12/h2-10,18H,1H3,(H,17,19)/b16-10-. The molecular formula is C15H14N2O3. The van der Waals surface area contributed by atoms with Gasteiger partial charge in [0.1, 0.15) is 11.5 Å². The van der Waals surface area contributed by atoms with E-state index in [4.69, 9.17) is 4.74 Å². The number of carbonyl (C=O) groups excluding carboxylic acids is 1. The maximum absolute atomic E-state index is 11.7. The first-order chi connectivity index (χ1) is 9.69. The van der Waals surface area contributed by atoms with Crippen molar-refractivity contribution in [3.8, 4) is 11.5 Å². The summed E-state index contributed by atoms with van der Waals surface area (Å²) in [6.45, 7) is 0. The molecule has 0 bridgehead atoms. The quantitative estimate of drug-likeness (QED) is 0.660. The average Bonchev–Trinajstić information content (AvgIpc) is 2.48. The molecule has 2 rings (SSSR count). The molecule has 5 nitrogen and oxygen atoms in total. The number of hydrogen-bond donors (Lipinski definition) is 2. The molecule has 0 radical (unpaired) electrons. The van der Waals surface area contributed by atoms with Crippen molar-refractivity contribution in [2.45, 2.75) is 0 Å². The van der Waals surface area contributed by atoms with Crippen molar-refractivity contribution in [3.05, 3.63) is 59.7 Å². The zero-order valence-corrected chi connectivity index (χ0v) is 10.9. The number of rotatable bonds is 4. The van der Waals surface area contributed by atoms with Crippen molar-refractivity contribution in [3.63, 3.8) is 0 Å². The molecule has 1 amide bonds. The van der Waals surface area contributed by atoms with Crippen LogP contribution in [0.25, 0.3) is 0 Å². The van der Waals surface area contributed by atoms with Crippen molar-refractivity contribution >= 4 is 12.1 Å². The maximum Gasteiger partial charge on any atom is 0.271 e. The second-order valence-electron chi connectivity index (χ2n) is 4.02. The van der Waals surface area contributed by atoms with Crippen LogP contribution < -0.4 is 10.2 Å². The lowest BCUT2D eigenvalue weighted by atomic mass is 10.2. The normalized spacial score (nSPS) is 10.4. The molecule has 2 aromatic rings. The van der Waals surface area contributed by atoms with Gasteiger partial charge < -0.3 is 9.84 Å². The molecule has 0 aliphatic carbocycles. The molecule has 0 saturated carbocycles. The van der Waals surface area contributed by atoms with Crippen LogP contribution >= 0.6 is 0 Å². The summed E-state index contributed by atoms with van der Waals surface area (Å²) in [5, 5.41) is 13.1. The SMILES string of the molecule is COc1ccc(/C=N\NC(=O)c2cccc(O)c2)cc1. The van der Waals surface area contributed by atoms with E-state index in [1.54, 1.807) is 31.4 Å². The van der Waals surface area contributed by atoms with E-state index < -0.39 is 0 Å². The number of benzene rings is 2. The van der Waals surface area contributed by atoms with Crippen LogP contribution in [0.15, 0.2) is 53.6 Å². The molecule has 102 valence electrons. The summed E-state index contributed by atoms with van der Waals surface area (Å²) in [5.41, 5.74) is 3.57. The number of nitrogens with zero attached hydrogens (tertiary/aromatic N) is 1. The van der Waals surface area contributed by atoms with Crippen molar-refractivity contribution in [2.75, 3.05) is 7.11 Å². The Morgan fingerprint density at radius 2 is 2.00 bits per heavy atom. The summed E-state index contributed by atoms with van der Waals surface area (Å²) < 4.78 is 5.04. The van der Waals surface area contributed by atoms with Crippen LogP contribution in [0.3, 0.4) is 0 Å². The first-order valence-corrected chi connectivity index (χ1v) is 5.95. The molecule has 0 aliphatic rings. The molecule has 0 unspecified atom stereocenters. The van der Waals surface area contributed by atoms with Gasteiger partial charge in [0.2, 0.25) is 0 Å². The van der Waals surface area contributed by atoms with Gasteiger partial charge in [0, 0.05) is 5.56 Å². The molecule has 20 heavy (non-hydrogen) atoms. The van der Waals surface area contributed by atoms with Crippen LogP contribution in [-0.4, -0.2) is 24.3 Å². The first kappa shape index (κ1) is 13.6. The molecule has 0 aromatic heterocycles. The molecule has 0 heterocycles. The summed E-state index contributed by atoms with van der Waals surface area (Å²) in [7, 11) is 1.60. The third kappa shape index (κ3) is 3.58. The number of ether oxygens (including phenoxy) is 1. The number of hydrazone groups is 1. The molecule has 0 fully saturated rings. The van der Waals surface area contributed by atoms with E-state index in [9.17, 15) is 9.90 Å². The second-order valence-corrected chi connectivity index (χ2v) is 4.02. The van der Waals surface area contributed by atoms with Crippen LogP contribution in [0.1, 0.15) is 15.9 Å². The number of amides is 1. The van der Waals surface area contributed by atoms with E-state index in [0.717, 1.165) is 11.3 Å². The topological polar surface area (TPSA) is 70.9 Å². The van der Waals surface area contributed by atoms with Crippen LogP contribution in [0, 0.1) is 0 Å². The lowest BCUT2D eigenvalue weighted by Gasteiger charge is -2.01. The first-order valence-electron chi connectivity index (χ1n) is 5.95. The average molecular weight is 270 g/mol. The fourth-order valence-electron chi connectivity index (χ4n) is 1.57. The molecule has 5 heteroatoms. The Labute approximate surface area is 116 Å². The Morgan fingerprint density at radius 1 is 1.25 bits per heavy atom. The van der Waals surface area contributed by atoms with E-state index in [2.05, 4.69) is 10.5 Å².